The van der Waals surface area contributed by atoms with Gasteiger partial charge >= 0.3 is 0 Å². The molecule has 1 aliphatic heterocycles. The molecule has 0 radical (unpaired) electrons. The van der Waals surface area contributed by atoms with Crippen LogP contribution in [0.1, 0.15) is 34.4 Å². The van der Waals surface area contributed by atoms with E-state index in [1.807, 2.05) is 11.3 Å². The van der Waals surface area contributed by atoms with Gasteiger partial charge < -0.3 is 5.32 Å². The lowest BCUT2D eigenvalue weighted by Gasteiger charge is -2.31. The molecule has 128 valence electrons. The first-order chi connectivity index (χ1) is 11.6. The SMILES string of the molecule is Cc1ccc(CNC(=O)C2CCN(Cc3sccc3C)CC2)cc1. The maximum Gasteiger partial charge on any atom is 0.223 e. The number of benzene rings is 1. The van der Waals surface area contributed by atoms with Crippen LogP contribution in [0.3, 0.4) is 0 Å². The standard InChI is InChI=1S/C20H26N2OS/c1-15-3-5-17(6-4-15)13-21-20(23)18-7-10-22(11-8-18)14-19-16(2)9-12-24-19/h3-6,9,12,18H,7-8,10-11,13-14H2,1-2H3,(H,21,23). The summed E-state index contributed by atoms with van der Waals surface area (Å²) in [6.45, 7) is 7.94. The van der Waals surface area contributed by atoms with Gasteiger partial charge in [0.2, 0.25) is 5.91 Å². The molecule has 1 saturated heterocycles. The van der Waals surface area contributed by atoms with Crippen LogP contribution in [0.5, 0.6) is 0 Å². The molecule has 3 nitrogen and oxygen atoms in total. The van der Waals surface area contributed by atoms with E-state index in [-0.39, 0.29) is 11.8 Å². The maximum absolute atomic E-state index is 12.4. The second-order valence-corrected chi connectivity index (χ2v) is 7.78. The largest absolute Gasteiger partial charge is 0.352 e. The molecular formula is C20H26N2OS. The van der Waals surface area contributed by atoms with Gasteiger partial charge in [-0.05, 0) is 62.4 Å². The molecule has 0 bridgehead atoms. The number of nitrogens with zero attached hydrogens (tertiary/aromatic N) is 1. The van der Waals surface area contributed by atoms with Crippen LogP contribution in [0, 0.1) is 19.8 Å². The molecule has 4 heteroatoms. The molecular weight excluding hydrogens is 316 g/mol. The van der Waals surface area contributed by atoms with E-state index in [1.165, 1.54) is 21.6 Å². The summed E-state index contributed by atoms with van der Waals surface area (Å²) in [6, 6.07) is 10.5. The molecule has 0 saturated carbocycles. The van der Waals surface area contributed by atoms with Gasteiger partial charge in [-0.2, -0.15) is 0 Å². The monoisotopic (exact) mass is 342 g/mol. The number of nitrogens with one attached hydrogen (secondary N) is 1. The molecule has 0 spiro atoms. The van der Waals surface area contributed by atoms with E-state index >= 15 is 0 Å². The summed E-state index contributed by atoms with van der Waals surface area (Å²) in [7, 11) is 0. The molecule has 2 heterocycles. The number of likely N-dealkylation sites (tertiary alicyclic amines) is 1. The second-order valence-electron chi connectivity index (χ2n) is 6.78. The zero-order valence-electron chi connectivity index (χ0n) is 14.5. The lowest BCUT2D eigenvalue weighted by molar-refractivity contribution is -0.126. The van der Waals surface area contributed by atoms with Gasteiger partial charge in [0, 0.05) is 23.9 Å². The van der Waals surface area contributed by atoms with Crippen LogP contribution < -0.4 is 5.32 Å². The Morgan fingerprint density at radius 2 is 1.88 bits per heavy atom. The highest BCUT2D eigenvalue weighted by Gasteiger charge is 2.25. The van der Waals surface area contributed by atoms with Gasteiger partial charge in [-0.15, -0.1) is 11.3 Å². The molecule has 1 aromatic heterocycles. The van der Waals surface area contributed by atoms with Crippen molar-refractivity contribution >= 4 is 17.2 Å². The summed E-state index contributed by atoms with van der Waals surface area (Å²) < 4.78 is 0. The van der Waals surface area contributed by atoms with Gasteiger partial charge in [-0.25, -0.2) is 0 Å². The van der Waals surface area contributed by atoms with E-state index in [4.69, 9.17) is 0 Å². The highest BCUT2D eigenvalue weighted by atomic mass is 32.1. The number of rotatable bonds is 5. The summed E-state index contributed by atoms with van der Waals surface area (Å²) in [4.78, 5) is 16.3. The minimum absolute atomic E-state index is 0.163. The molecule has 24 heavy (non-hydrogen) atoms. The minimum Gasteiger partial charge on any atom is -0.352 e. The third-order valence-corrected chi connectivity index (χ3v) is 5.89. The van der Waals surface area contributed by atoms with Crippen molar-refractivity contribution in [2.24, 2.45) is 5.92 Å². The van der Waals surface area contributed by atoms with Crippen LogP contribution in [-0.2, 0) is 17.9 Å². The van der Waals surface area contributed by atoms with Crippen LogP contribution in [0.2, 0.25) is 0 Å². The number of piperidine rings is 1. The Bertz CT molecular complexity index is 669. The summed E-state index contributed by atoms with van der Waals surface area (Å²) in [5.74, 6) is 0.374. The molecule has 1 fully saturated rings. The summed E-state index contributed by atoms with van der Waals surface area (Å²) in [5.41, 5.74) is 3.80. The molecule has 3 rings (SSSR count). The van der Waals surface area contributed by atoms with Crippen molar-refractivity contribution in [2.45, 2.75) is 39.8 Å². The highest BCUT2D eigenvalue weighted by Crippen LogP contribution is 2.23. The fourth-order valence-electron chi connectivity index (χ4n) is 3.16. The number of carbonyl (C=O) groups excluding carboxylic acids is 1. The Morgan fingerprint density at radius 1 is 1.17 bits per heavy atom. The Labute approximate surface area is 148 Å². The van der Waals surface area contributed by atoms with Crippen molar-refractivity contribution in [1.29, 1.82) is 0 Å². The summed E-state index contributed by atoms with van der Waals surface area (Å²) >= 11 is 1.84. The van der Waals surface area contributed by atoms with E-state index in [1.54, 1.807) is 0 Å². The van der Waals surface area contributed by atoms with Crippen molar-refractivity contribution < 1.29 is 4.79 Å². The van der Waals surface area contributed by atoms with Crippen LogP contribution >= 0.6 is 11.3 Å². The molecule has 1 amide bonds. The average molecular weight is 343 g/mol. The topological polar surface area (TPSA) is 32.3 Å². The molecule has 1 aliphatic rings. The first kappa shape index (κ1) is 17.2. The van der Waals surface area contributed by atoms with E-state index < -0.39 is 0 Å². The predicted molar refractivity (Wildman–Crippen MR) is 100 cm³/mol. The lowest BCUT2D eigenvalue weighted by atomic mass is 9.95. The highest BCUT2D eigenvalue weighted by molar-refractivity contribution is 7.10. The first-order valence-corrected chi connectivity index (χ1v) is 9.58. The Balaban J connectivity index is 1.43. The van der Waals surface area contributed by atoms with E-state index in [0.29, 0.717) is 6.54 Å². The summed E-state index contributed by atoms with van der Waals surface area (Å²) in [6.07, 6.45) is 1.92. The van der Waals surface area contributed by atoms with Gasteiger partial charge in [0.25, 0.3) is 0 Å². The molecule has 0 aliphatic carbocycles. The lowest BCUT2D eigenvalue weighted by Crippen LogP contribution is -2.40. The van der Waals surface area contributed by atoms with Crippen LogP contribution in [-0.4, -0.2) is 23.9 Å². The minimum atomic E-state index is 0.163. The fraction of sp³-hybridized carbons (Fsp3) is 0.450. The number of hydrogen-bond donors (Lipinski definition) is 1. The quantitative estimate of drug-likeness (QED) is 0.894. The van der Waals surface area contributed by atoms with Gasteiger partial charge in [-0.1, -0.05) is 29.8 Å². The van der Waals surface area contributed by atoms with Crippen molar-refractivity contribution in [1.82, 2.24) is 10.2 Å². The fourth-order valence-corrected chi connectivity index (χ4v) is 4.11. The Morgan fingerprint density at radius 3 is 2.50 bits per heavy atom. The second kappa shape index (κ2) is 7.95. The average Bonchev–Trinajstić information content (AvgIpc) is 3.00. The third-order valence-electron chi connectivity index (χ3n) is 4.88. The van der Waals surface area contributed by atoms with E-state index in [9.17, 15) is 4.79 Å². The number of thiophene rings is 1. The van der Waals surface area contributed by atoms with Crippen LogP contribution in [0.4, 0.5) is 0 Å². The van der Waals surface area contributed by atoms with Crippen molar-refractivity contribution in [3.05, 3.63) is 57.3 Å². The van der Waals surface area contributed by atoms with Crippen LogP contribution in [0.15, 0.2) is 35.7 Å². The molecule has 1 N–H and O–H groups in total. The van der Waals surface area contributed by atoms with E-state index in [0.717, 1.165) is 32.5 Å². The number of hydrogen-bond acceptors (Lipinski definition) is 3. The summed E-state index contributed by atoms with van der Waals surface area (Å²) in [5, 5.41) is 5.26. The van der Waals surface area contributed by atoms with Crippen molar-refractivity contribution in [3.8, 4) is 0 Å². The first-order valence-electron chi connectivity index (χ1n) is 8.70. The van der Waals surface area contributed by atoms with Crippen molar-refractivity contribution in [3.63, 3.8) is 0 Å². The molecule has 0 unspecified atom stereocenters. The number of amides is 1. The normalized spacial score (nSPS) is 16.2. The zero-order valence-corrected chi connectivity index (χ0v) is 15.4. The molecule has 0 atom stereocenters. The molecule has 2 aromatic rings. The van der Waals surface area contributed by atoms with Gasteiger partial charge in [0.1, 0.15) is 0 Å². The van der Waals surface area contributed by atoms with Crippen LogP contribution in [0.25, 0.3) is 0 Å². The number of aryl methyl sites for hydroxylation is 2. The predicted octanol–water partition coefficient (Wildman–Crippen LogP) is 3.89. The Kier molecular flexibility index (Phi) is 5.69. The molecule has 1 aromatic carbocycles. The van der Waals surface area contributed by atoms with Gasteiger partial charge in [0.05, 0.1) is 0 Å². The Hall–Kier alpha value is -1.65. The smallest absolute Gasteiger partial charge is 0.223 e. The number of carbonyl (C=O) groups is 1. The van der Waals surface area contributed by atoms with Crippen molar-refractivity contribution in [2.75, 3.05) is 13.1 Å². The van der Waals surface area contributed by atoms with Gasteiger partial charge in [0.15, 0.2) is 0 Å². The maximum atomic E-state index is 12.4. The van der Waals surface area contributed by atoms with Gasteiger partial charge in [-0.3, -0.25) is 9.69 Å². The third kappa shape index (κ3) is 4.46. The van der Waals surface area contributed by atoms with E-state index in [2.05, 4.69) is 59.8 Å². The zero-order chi connectivity index (χ0) is 16.9.